The summed E-state index contributed by atoms with van der Waals surface area (Å²) in [6.45, 7) is 7.91. The van der Waals surface area contributed by atoms with Crippen molar-refractivity contribution in [1.82, 2.24) is 14.4 Å². The van der Waals surface area contributed by atoms with Gasteiger partial charge in [-0.15, -0.1) is 0 Å². The Morgan fingerprint density at radius 3 is 2.59 bits per heavy atom. The molecule has 0 unspecified atom stereocenters. The van der Waals surface area contributed by atoms with Crippen LogP contribution in [-0.2, 0) is 11.3 Å². The Morgan fingerprint density at radius 1 is 1.12 bits per heavy atom. The van der Waals surface area contributed by atoms with E-state index in [1.807, 2.05) is 32.2 Å². The summed E-state index contributed by atoms with van der Waals surface area (Å²) in [5, 5.41) is 1.61. The number of fused-ring (bicyclic) bond motifs is 1. The van der Waals surface area contributed by atoms with Crippen molar-refractivity contribution in [1.29, 1.82) is 0 Å². The van der Waals surface area contributed by atoms with Gasteiger partial charge in [-0.1, -0.05) is 22.0 Å². The maximum absolute atomic E-state index is 12.8. The third kappa shape index (κ3) is 4.19. The Morgan fingerprint density at radius 2 is 1.91 bits per heavy atom. The lowest BCUT2D eigenvalue weighted by Crippen LogP contribution is -2.30. The monoisotopic (exact) mass is 511 g/mol. The smallest absolute Gasteiger partial charge is 0.276 e. The highest BCUT2D eigenvalue weighted by atomic mass is 79.9. The molecule has 4 rings (SSSR count). The van der Waals surface area contributed by atoms with Crippen molar-refractivity contribution in [2.24, 2.45) is 0 Å². The SMILES string of the molecule is CCN1C(=O)/C(=C/c2cn(CCOc3ccc(C)c(C)c3)c3ccc(Br)cc23)N(C)C1=S. The molecule has 7 heteroatoms. The molecule has 3 aromatic rings. The molecule has 0 spiro atoms. The molecule has 166 valence electrons. The zero-order valence-electron chi connectivity index (χ0n) is 18.7. The molecule has 0 saturated carbocycles. The van der Waals surface area contributed by atoms with Gasteiger partial charge in [-0.25, -0.2) is 0 Å². The van der Waals surface area contributed by atoms with Crippen LogP contribution in [0.25, 0.3) is 17.0 Å². The van der Waals surface area contributed by atoms with Crippen LogP contribution in [0.3, 0.4) is 0 Å². The molecular weight excluding hydrogens is 486 g/mol. The molecule has 5 nitrogen and oxygen atoms in total. The second-order valence-electron chi connectivity index (χ2n) is 7.95. The van der Waals surface area contributed by atoms with E-state index in [9.17, 15) is 4.79 Å². The summed E-state index contributed by atoms with van der Waals surface area (Å²) >= 11 is 9.01. The third-order valence-electron chi connectivity index (χ3n) is 5.91. The average Bonchev–Trinajstić information content (AvgIpc) is 3.20. The van der Waals surface area contributed by atoms with E-state index in [0.29, 0.717) is 30.5 Å². The van der Waals surface area contributed by atoms with Gasteiger partial charge in [-0.2, -0.15) is 0 Å². The Labute approximate surface area is 202 Å². The molecule has 0 aliphatic carbocycles. The molecular formula is C25H26BrN3O2S. The number of likely N-dealkylation sites (N-methyl/N-ethyl adjacent to an activating group) is 2. The van der Waals surface area contributed by atoms with E-state index in [1.54, 1.807) is 9.80 Å². The first-order valence-corrected chi connectivity index (χ1v) is 11.8. The number of ether oxygens (including phenoxy) is 1. The van der Waals surface area contributed by atoms with Crippen LogP contribution in [0.15, 0.2) is 52.8 Å². The third-order valence-corrected chi connectivity index (χ3v) is 6.89. The topological polar surface area (TPSA) is 37.7 Å². The summed E-state index contributed by atoms with van der Waals surface area (Å²) in [6.07, 6.45) is 4.01. The van der Waals surface area contributed by atoms with Crippen LogP contribution in [-0.4, -0.2) is 45.6 Å². The fourth-order valence-corrected chi connectivity index (χ4v) is 4.57. The molecule has 2 aromatic carbocycles. The summed E-state index contributed by atoms with van der Waals surface area (Å²) in [4.78, 5) is 16.2. The van der Waals surface area contributed by atoms with E-state index in [0.717, 1.165) is 26.7 Å². The highest BCUT2D eigenvalue weighted by Crippen LogP contribution is 2.29. The number of carbonyl (C=O) groups is 1. The fraction of sp³-hybridized carbons (Fsp3) is 0.280. The Balaban J connectivity index is 1.63. The quantitative estimate of drug-likeness (QED) is 0.322. The Kier molecular flexibility index (Phi) is 6.40. The average molecular weight is 512 g/mol. The summed E-state index contributed by atoms with van der Waals surface area (Å²) < 4.78 is 9.17. The number of aryl methyl sites for hydroxylation is 2. The van der Waals surface area contributed by atoms with E-state index < -0.39 is 0 Å². The minimum absolute atomic E-state index is 0.0611. The minimum atomic E-state index is -0.0611. The van der Waals surface area contributed by atoms with Gasteiger partial charge in [-0.3, -0.25) is 9.69 Å². The van der Waals surface area contributed by atoms with Crippen molar-refractivity contribution >= 4 is 56.1 Å². The van der Waals surface area contributed by atoms with E-state index in [2.05, 4.69) is 64.8 Å². The lowest BCUT2D eigenvalue weighted by atomic mass is 10.1. The molecule has 1 aromatic heterocycles. The molecule has 0 bridgehead atoms. The van der Waals surface area contributed by atoms with Crippen LogP contribution < -0.4 is 4.74 Å². The van der Waals surface area contributed by atoms with Crippen molar-refractivity contribution < 1.29 is 9.53 Å². The molecule has 1 amide bonds. The molecule has 32 heavy (non-hydrogen) atoms. The van der Waals surface area contributed by atoms with Crippen LogP contribution in [0, 0.1) is 13.8 Å². The van der Waals surface area contributed by atoms with Gasteiger partial charge in [-0.05, 0) is 80.5 Å². The zero-order chi connectivity index (χ0) is 23.0. The van der Waals surface area contributed by atoms with Crippen LogP contribution in [0.4, 0.5) is 0 Å². The molecule has 0 radical (unpaired) electrons. The van der Waals surface area contributed by atoms with Gasteiger partial charge in [0, 0.05) is 40.7 Å². The molecule has 0 atom stereocenters. The molecule has 2 heterocycles. The van der Waals surface area contributed by atoms with Gasteiger partial charge < -0.3 is 14.2 Å². The van der Waals surface area contributed by atoms with Crippen molar-refractivity contribution in [3.05, 3.63) is 69.5 Å². The number of rotatable bonds is 6. The molecule has 1 aliphatic heterocycles. The number of aromatic nitrogens is 1. The number of amides is 1. The highest BCUT2D eigenvalue weighted by Gasteiger charge is 2.34. The molecule has 1 fully saturated rings. The second kappa shape index (κ2) is 9.08. The zero-order valence-corrected chi connectivity index (χ0v) is 21.1. The van der Waals surface area contributed by atoms with E-state index in [-0.39, 0.29) is 5.91 Å². The van der Waals surface area contributed by atoms with Gasteiger partial charge >= 0.3 is 0 Å². The fourth-order valence-electron chi connectivity index (χ4n) is 3.90. The number of hydrogen-bond acceptors (Lipinski definition) is 3. The predicted octanol–water partition coefficient (Wildman–Crippen LogP) is 5.52. The number of thiocarbonyl (C=S) groups is 1. The first kappa shape index (κ1) is 22.6. The summed E-state index contributed by atoms with van der Waals surface area (Å²) in [5.41, 5.74) is 5.12. The first-order chi connectivity index (χ1) is 15.3. The predicted molar refractivity (Wildman–Crippen MR) is 137 cm³/mol. The summed E-state index contributed by atoms with van der Waals surface area (Å²) in [7, 11) is 1.84. The van der Waals surface area contributed by atoms with Crippen molar-refractivity contribution in [2.75, 3.05) is 20.2 Å². The maximum atomic E-state index is 12.8. The van der Waals surface area contributed by atoms with E-state index in [1.165, 1.54) is 11.1 Å². The van der Waals surface area contributed by atoms with Crippen molar-refractivity contribution in [3.63, 3.8) is 0 Å². The van der Waals surface area contributed by atoms with Crippen molar-refractivity contribution in [2.45, 2.75) is 27.3 Å². The lowest BCUT2D eigenvalue weighted by Gasteiger charge is -2.13. The van der Waals surface area contributed by atoms with Crippen LogP contribution >= 0.6 is 28.1 Å². The number of benzene rings is 2. The number of hydrogen-bond donors (Lipinski definition) is 0. The second-order valence-corrected chi connectivity index (χ2v) is 9.24. The highest BCUT2D eigenvalue weighted by molar-refractivity contribution is 9.10. The molecule has 0 N–H and O–H groups in total. The van der Waals surface area contributed by atoms with Crippen LogP contribution in [0.1, 0.15) is 23.6 Å². The van der Waals surface area contributed by atoms with Crippen LogP contribution in [0.2, 0.25) is 0 Å². The minimum Gasteiger partial charge on any atom is -0.492 e. The van der Waals surface area contributed by atoms with Crippen LogP contribution in [0.5, 0.6) is 5.75 Å². The number of nitrogens with zero attached hydrogens (tertiary/aromatic N) is 3. The first-order valence-electron chi connectivity index (χ1n) is 10.6. The van der Waals surface area contributed by atoms with Crippen molar-refractivity contribution in [3.8, 4) is 5.75 Å². The van der Waals surface area contributed by atoms with Gasteiger partial charge in [0.2, 0.25) is 0 Å². The number of halogens is 1. The summed E-state index contributed by atoms with van der Waals surface area (Å²) in [5.74, 6) is 0.815. The Hall–Kier alpha value is -2.64. The van der Waals surface area contributed by atoms with Gasteiger partial charge in [0.25, 0.3) is 5.91 Å². The van der Waals surface area contributed by atoms with Gasteiger partial charge in [0.05, 0.1) is 6.54 Å². The largest absolute Gasteiger partial charge is 0.492 e. The van der Waals surface area contributed by atoms with Gasteiger partial charge in [0.1, 0.15) is 18.1 Å². The normalized spacial score (nSPS) is 15.5. The Bertz CT molecular complexity index is 1250. The molecule has 1 aliphatic rings. The molecule has 1 saturated heterocycles. The van der Waals surface area contributed by atoms with E-state index >= 15 is 0 Å². The van der Waals surface area contributed by atoms with Gasteiger partial charge in [0.15, 0.2) is 5.11 Å². The maximum Gasteiger partial charge on any atom is 0.276 e. The number of carbonyl (C=O) groups excluding carboxylic acids is 1. The standard InChI is InChI=1S/C25H26BrN3O2S/c1-5-29-24(30)23(27(4)25(29)32)13-18-15-28(22-9-7-19(26)14-21(18)22)10-11-31-20-8-6-16(2)17(3)12-20/h6-9,12-15H,5,10-11H2,1-4H3/b23-13-. The summed E-state index contributed by atoms with van der Waals surface area (Å²) in [6, 6.07) is 12.3. The van der Waals surface area contributed by atoms with E-state index in [4.69, 9.17) is 17.0 Å². The lowest BCUT2D eigenvalue weighted by molar-refractivity contribution is -0.122.